The number of ether oxygens (including phenoxy) is 2. The average molecular weight is 377 g/mol. The predicted molar refractivity (Wildman–Crippen MR) is 105 cm³/mol. The normalized spacial score (nSPS) is 13.1. The molecule has 2 atom stereocenters. The van der Waals surface area contributed by atoms with E-state index in [4.69, 9.17) is 9.47 Å². The Balaban J connectivity index is 2.58. The summed E-state index contributed by atoms with van der Waals surface area (Å²) in [6.07, 6.45) is 1.37. The Kier molecular flexibility index (Phi) is 9.70. The first-order valence-electron chi connectivity index (χ1n) is 9.28. The summed E-state index contributed by atoms with van der Waals surface area (Å²) in [4.78, 5) is 11.8. The van der Waals surface area contributed by atoms with E-state index in [0.29, 0.717) is 12.2 Å². The van der Waals surface area contributed by atoms with Crippen LogP contribution in [-0.4, -0.2) is 47.3 Å². The van der Waals surface area contributed by atoms with Gasteiger partial charge in [-0.15, -0.1) is 0 Å². The third-order valence-corrected chi connectivity index (χ3v) is 3.52. The van der Waals surface area contributed by atoms with Crippen LogP contribution in [0.4, 0.5) is 4.79 Å². The lowest BCUT2D eigenvalue weighted by molar-refractivity contribution is 0.0413. The number of rotatable bonds is 8. The van der Waals surface area contributed by atoms with Crippen LogP contribution in [0.5, 0.6) is 5.75 Å². The van der Waals surface area contributed by atoms with Gasteiger partial charge in [0.15, 0.2) is 0 Å². The van der Waals surface area contributed by atoms with Gasteiger partial charge in [0.1, 0.15) is 17.5 Å². The molecule has 0 aliphatic heterocycles. The molecule has 1 amide bonds. The van der Waals surface area contributed by atoms with Gasteiger partial charge in [0, 0.05) is 5.56 Å². The van der Waals surface area contributed by atoms with Gasteiger partial charge in [-0.05, 0) is 51.5 Å². The first-order valence-corrected chi connectivity index (χ1v) is 9.28. The number of hydrogen-bond donors (Lipinski definition) is 3. The van der Waals surface area contributed by atoms with Crippen molar-refractivity contribution in [1.82, 2.24) is 5.32 Å². The summed E-state index contributed by atoms with van der Waals surface area (Å²) in [6.45, 7) is 7.56. The first-order chi connectivity index (χ1) is 12.7. The highest BCUT2D eigenvalue weighted by molar-refractivity contribution is 5.68. The van der Waals surface area contributed by atoms with Crippen LogP contribution in [0.1, 0.15) is 52.5 Å². The van der Waals surface area contributed by atoms with E-state index >= 15 is 0 Å². The van der Waals surface area contributed by atoms with Gasteiger partial charge >= 0.3 is 6.09 Å². The second-order valence-corrected chi connectivity index (χ2v) is 7.23. The van der Waals surface area contributed by atoms with Crippen molar-refractivity contribution in [2.75, 3.05) is 13.2 Å². The molecular weight excluding hydrogens is 346 g/mol. The number of alkyl carbamates (subject to hydrolysis) is 1. The lowest BCUT2D eigenvalue weighted by atomic mass is 10.1. The van der Waals surface area contributed by atoms with E-state index < -0.39 is 30.4 Å². The molecule has 0 saturated carbocycles. The quantitative estimate of drug-likeness (QED) is 0.479. The molecule has 0 aliphatic carbocycles. The van der Waals surface area contributed by atoms with E-state index in [-0.39, 0.29) is 0 Å². The number of aliphatic hydroxyl groups is 2. The highest BCUT2D eigenvalue weighted by atomic mass is 16.6. The molecule has 0 spiro atoms. The minimum absolute atomic E-state index is 0.459. The second kappa shape index (κ2) is 11.5. The maximum Gasteiger partial charge on any atom is 0.408 e. The van der Waals surface area contributed by atoms with Crippen LogP contribution < -0.4 is 10.1 Å². The Morgan fingerprint density at radius 3 is 2.44 bits per heavy atom. The van der Waals surface area contributed by atoms with Crippen LogP contribution in [0.2, 0.25) is 0 Å². The monoisotopic (exact) mass is 377 g/mol. The van der Waals surface area contributed by atoms with Gasteiger partial charge in [0.2, 0.25) is 0 Å². The molecule has 0 aromatic heterocycles. The summed E-state index contributed by atoms with van der Waals surface area (Å²) in [5.74, 6) is 6.23. The van der Waals surface area contributed by atoms with Crippen molar-refractivity contribution in [2.24, 2.45) is 0 Å². The Hall–Kier alpha value is -2.23. The zero-order chi connectivity index (χ0) is 20.3. The van der Waals surface area contributed by atoms with E-state index in [1.165, 1.54) is 0 Å². The first kappa shape index (κ1) is 22.8. The second-order valence-electron chi connectivity index (χ2n) is 7.23. The Bertz CT molecular complexity index is 625. The maximum atomic E-state index is 11.8. The molecule has 0 radical (unpaired) electrons. The molecule has 27 heavy (non-hydrogen) atoms. The summed E-state index contributed by atoms with van der Waals surface area (Å²) in [6, 6.07) is 6.30. The summed E-state index contributed by atoms with van der Waals surface area (Å²) in [7, 11) is 0. The highest BCUT2D eigenvalue weighted by Gasteiger charge is 2.22. The van der Waals surface area contributed by atoms with Crippen molar-refractivity contribution >= 4 is 6.09 Å². The molecule has 3 N–H and O–H groups in total. The van der Waals surface area contributed by atoms with E-state index in [1.54, 1.807) is 32.9 Å². The molecule has 1 rings (SSSR count). The molecule has 0 unspecified atom stereocenters. The van der Waals surface area contributed by atoms with Crippen molar-refractivity contribution in [2.45, 2.75) is 64.7 Å². The van der Waals surface area contributed by atoms with Crippen molar-refractivity contribution < 1.29 is 24.5 Å². The van der Waals surface area contributed by atoms with Crippen LogP contribution >= 0.6 is 0 Å². The van der Waals surface area contributed by atoms with Crippen LogP contribution in [-0.2, 0) is 4.74 Å². The van der Waals surface area contributed by atoms with Crippen molar-refractivity contribution in [3.63, 3.8) is 0 Å². The number of benzene rings is 1. The molecule has 150 valence electrons. The average Bonchev–Trinajstić information content (AvgIpc) is 2.60. The minimum atomic E-state index is -1.23. The summed E-state index contributed by atoms with van der Waals surface area (Å²) in [5, 5.41) is 21.9. The van der Waals surface area contributed by atoms with E-state index in [2.05, 4.69) is 24.1 Å². The van der Waals surface area contributed by atoms with Crippen LogP contribution in [0, 0.1) is 11.8 Å². The van der Waals surface area contributed by atoms with Gasteiger partial charge in [-0.3, -0.25) is 0 Å². The smallest absolute Gasteiger partial charge is 0.408 e. The van der Waals surface area contributed by atoms with Gasteiger partial charge in [-0.2, -0.15) is 0 Å². The molecule has 0 saturated heterocycles. The Labute approximate surface area is 161 Å². The standard InChI is InChI=1S/C21H31NO5/c1-5-6-7-14-26-17-11-8-16(9-12-17)10-13-19(24)18(15-23)22-20(25)27-21(2,3)4/h8-9,11-12,18-19,23-24H,5-7,14-15H2,1-4H3,(H,22,25)/t18-,19+/m1/s1. The molecule has 6 nitrogen and oxygen atoms in total. The zero-order valence-corrected chi connectivity index (χ0v) is 16.6. The van der Waals surface area contributed by atoms with E-state index in [9.17, 15) is 15.0 Å². The maximum absolute atomic E-state index is 11.8. The van der Waals surface area contributed by atoms with Crippen molar-refractivity contribution in [1.29, 1.82) is 0 Å². The van der Waals surface area contributed by atoms with Crippen LogP contribution in [0.25, 0.3) is 0 Å². The summed E-state index contributed by atoms with van der Waals surface area (Å²) >= 11 is 0. The number of hydrogen-bond acceptors (Lipinski definition) is 5. The minimum Gasteiger partial charge on any atom is -0.494 e. The van der Waals surface area contributed by atoms with Gasteiger partial charge in [0.05, 0.1) is 19.3 Å². The Morgan fingerprint density at radius 2 is 1.89 bits per heavy atom. The number of carbonyl (C=O) groups excluding carboxylic acids is 1. The van der Waals surface area contributed by atoms with Gasteiger partial charge < -0.3 is 25.0 Å². The largest absolute Gasteiger partial charge is 0.494 e. The molecule has 1 aromatic carbocycles. The molecular formula is C21H31NO5. The van der Waals surface area contributed by atoms with Crippen molar-refractivity contribution in [3.05, 3.63) is 29.8 Å². The molecule has 6 heteroatoms. The zero-order valence-electron chi connectivity index (χ0n) is 16.6. The summed E-state index contributed by atoms with van der Waals surface area (Å²) < 4.78 is 10.7. The van der Waals surface area contributed by atoms with E-state index in [0.717, 1.165) is 25.0 Å². The summed E-state index contributed by atoms with van der Waals surface area (Å²) in [5.41, 5.74) is 0.0325. The van der Waals surface area contributed by atoms with Gasteiger partial charge in [0.25, 0.3) is 0 Å². The fourth-order valence-corrected chi connectivity index (χ4v) is 2.12. The molecule has 1 aromatic rings. The fourth-order valence-electron chi connectivity index (χ4n) is 2.12. The number of amides is 1. The number of carbonyl (C=O) groups is 1. The van der Waals surface area contributed by atoms with E-state index in [1.807, 2.05) is 12.1 Å². The number of aliphatic hydroxyl groups excluding tert-OH is 2. The highest BCUT2D eigenvalue weighted by Crippen LogP contribution is 2.12. The van der Waals surface area contributed by atoms with Crippen molar-refractivity contribution in [3.8, 4) is 17.6 Å². The molecule has 0 heterocycles. The predicted octanol–water partition coefficient (Wildman–Crippen LogP) is 2.85. The van der Waals surface area contributed by atoms with Crippen LogP contribution in [0.15, 0.2) is 24.3 Å². The number of nitrogens with one attached hydrogen (secondary N) is 1. The molecule has 0 bridgehead atoms. The third kappa shape index (κ3) is 9.88. The fraction of sp³-hybridized carbons (Fsp3) is 0.571. The third-order valence-electron chi connectivity index (χ3n) is 3.52. The lowest BCUT2D eigenvalue weighted by Crippen LogP contribution is -2.47. The molecule has 0 fully saturated rings. The van der Waals surface area contributed by atoms with Gasteiger partial charge in [-0.25, -0.2) is 4.79 Å². The van der Waals surface area contributed by atoms with Gasteiger partial charge in [-0.1, -0.05) is 31.6 Å². The topological polar surface area (TPSA) is 88.0 Å². The number of unbranched alkanes of at least 4 members (excludes halogenated alkanes) is 2. The molecule has 0 aliphatic rings. The lowest BCUT2D eigenvalue weighted by Gasteiger charge is -2.23. The van der Waals surface area contributed by atoms with Crippen LogP contribution in [0.3, 0.4) is 0 Å². The SMILES string of the molecule is CCCCCOc1ccc(C#C[C@H](O)[C@@H](CO)NC(=O)OC(C)(C)C)cc1. The Morgan fingerprint density at radius 1 is 1.22 bits per heavy atom.